The van der Waals surface area contributed by atoms with Crippen LogP contribution in [0.1, 0.15) is 5.69 Å². The molecular formula is C15H9BrN2O2. The number of aromatic nitrogens is 2. The fraction of sp³-hybridized carbons (Fsp3) is 0.0667. The van der Waals surface area contributed by atoms with E-state index in [0.717, 1.165) is 21.1 Å². The molecule has 5 heteroatoms. The molecule has 0 aliphatic carbocycles. The highest BCUT2D eigenvalue weighted by atomic mass is 79.9. The topological polar surface area (TPSA) is 54.6 Å². The number of benzene rings is 2. The molecule has 4 rings (SSSR count). The van der Waals surface area contributed by atoms with Crippen molar-refractivity contribution in [2.45, 2.75) is 6.92 Å². The van der Waals surface area contributed by atoms with Crippen LogP contribution in [0.25, 0.3) is 27.2 Å². The van der Waals surface area contributed by atoms with Crippen molar-refractivity contribution in [1.29, 1.82) is 0 Å². The van der Waals surface area contributed by atoms with Gasteiger partial charge in [-0.3, -0.25) is 4.79 Å². The van der Waals surface area contributed by atoms with E-state index in [1.807, 2.05) is 19.1 Å². The lowest BCUT2D eigenvalue weighted by Crippen LogP contribution is -2.03. The van der Waals surface area contributed by atoms with Gasteiger partial charge in [0.2, 0.25) is 0 Å². The molecule has 4 aromatic rings. The molecule has 2 aromatic heterocycles. The first kappa shape index (κ1) is 11.7. The Labute approximate surface area is 121 Å². The summed E-state index contributed by atoms with van der Waals surface area (Å²) in [5.41, 5.74) is 2.11. The lowest BCUT2D eigenvalue weighted by atomic mass is 10.1. The standard InChI is InChI=1S/C15H9BrN2O2/c1-7-8-5-6-9(16)12-14(8)18(17-7)10-3-2-4-11(19)13(10)15(12)20/h2-6,20H,1H3. The van der Waals surface area contributed by atoms with Crippen LogP contribution >= 0.6 is 15.9 Å². The molecule has 0 atom stereocenters. The Balaban J connectivity index is 2.53. The molecule has 0 amide bonds. The SMILES string of the molecule is Cc1nn2c3cccc(=O)c3c(O)c3c(Br)ccc1c32. The van der Waals surface area contributed by atoms with Gasteiger partial charge in [-0.2, -0.15) is 5.10 Å². The summed E-state index contributed by atoms with van der Waals surface area (Å²) >= 11 is 3.45. The van der Waals surface area contributed by atoms with Gasteiger partial charge in [-0.05, 0) is 47.1 Å². The number of pyridine rings is 1. The monoisotopic (exact) mass is 328 g/mol. The first-order chi connectivity index (χ1) is 9.59. The van der Waals surface area contributed by atoms with Gasteiger partial charge in [-0.25, -0.2) is 4.52 Å². The normalized spacial score (nSPS) is 11.9. The molecular weight excluding hydrogens is 320 g/mol. The van der Waals surface area contributed by atoms with Crippen molar-refractivity contribution >= 4 is 43.1 Å². The van der Waals surface area contributed by atoms with Gasteiger partial charge in [-0.1, -0.05) is 6.07 Å². The first-order valence-electron chi connectivity index (χ1n) is 6.14. The minimum atomic E-state index is -0.206. The maximum Gasteiger partial charge on any atom is 0.191 e. The number of hydrogen-bond acceptors (Lipinski definition) is 3. The van der Waals surface area contributed by atoms with E-state index in [-0.39, 0.29) is 11.2 Å². The summed E-state index contributed by atoms with van der Waals surface area (Å²) < 4.78 is 2.49. The molecule has 0 bridgehead atoms. The summed E-state index contributed by atoms with van der Waals surface area (Å²) in [6.07, 6.45) is 0. The van der Waals surface area contributed by atoms with Crippen LogP contribution in [0.2, 0.25) is 0 Å². The van der Waals surface area contributed by atoms with Gasteiger partial charge < -0.3 is 5.11 Å². The lowest BCUT2D eigenvalue weighted by molar-refractivity contribution is 0.487. The third kappa shape index (κ3) is 1.25. The van der Waals surface area contributed by atoms with Gasteiger partial charge in [0.1, 0.15) is 5.75 Å². The van der Waals surface area contributed by atoms with Crippen LogP contribution in [0.5, 0.6) is 5.75 Å². The minimum Gasteiger partial charge on any atom is -0.506 e. The summed E-state index contributed by atoms with van der Waals surface area (Å²) in [5, 5.41) is 16.9. The van der Waals surface area contributed by atoms with Crippen LogP contribution < -0.4 is 5.43 Å². The van der Waals surface area contributed by atoms with Crippen LogP contribution in [0, 0.1) is 6.92 Å². The van der Waals surface area contributed by atoms with Crippen LogP contribution in [0.4, 0.5) is 0 Å². The Morgan fingerprint density at radius 2 is 2.00 bits per heavy atom. The van der Waals surface area contributed by atoms with E-state index in [0.29, 0.717) is 16.3 Å². The van der Waals surface area contributed by atoms with Gasteiger partial charge in [-0.15, -0.1) is 0 Å². The highest BCUT2D eigenvalue weighted by Gasteiger charge is 2.19. The van der Waals surface area contributed by atoms with E-state index < -0.39 is 0 Å². The Morgan fingerprint density at radius 1 is 1.20 bits per heavy atom. The molecule has 0 aliphatic rings. The predicted molar refractivity (Wildman–Crippen MR) is 81.8 cm³/mol. The van der Waals surface area contributed by atoms with Crippen LogP contribution in [-0.4, -0.2) is 14.7 Å². The molecule has 1 N–H and O–H groups in total. The minimum absolute atomic E-state index is 0.00970. The molecule has 0 unspecified atom stereocenters. The molecule has 0 saturated heterocycles. The Kier molecular flexibility index (Phi) is 2.16. The van der Waals surface area contributed by atoms with Crippen molar-refractivity contribution in [2.75, 3.05) is 0 Å². The van der Waals surface area contributed by atoms with Crippen LogP contribution in [0.15, 0.2) is 39.6 Å². The molecule has 0 fully saturated rings. The summed E-state index contributed by atoms with van der Waals surface area (Å²) in [7, 11) is 0. The number of aryl methyl sites for hydroxylation is 1. The maximum absolute atomic E-state index is 12.1. The molecule has 98 valence electrons. The third-order valence-electron chi connectivity index (χ3n) is 3.68. The summed E-state index contributed by atoms with van der Waals surface area (Å²) in [6, 6.07) is 8.75. The highest BCUT2D eigenvalue weighted by molar-refractivity contribution is 9.10. The van der Waals surface area contributed by atoms with Gasteiger partial charge >= 0.3 is 0 Å². The van der Waals surface area contributed by atoms with Gasteiger partial charge in [0, 0.05) is 9.86 Å². The van der Waals surface area contributed by atoms with Crippen molar-refractivity contribution in [3.63, 3.8) is 0 Å². The largest absolute Gasteiger partial charge is 0.506 e. The number of nitrogens with zero attached hydrogens (tertiary/aromatic N) is 2. The summed E-state index contributed by atoms with van der Waals surface area (Å²) in [6.45, 7) is 1.92. The van der Waals surface area contributed by atoms with Crippen molar-refractivity contribution in [1.82, 2.24) is 9.61 Å². The average molecular weight is 329 g/mol. The second-order valence-corrected chi connectivity index (χ2v) is 5.67. The third-order valence-corrected chi connectivity index (χ3v) is 4.35. The van der Waals surface area contributed by atoms with Crippen molar-refractivity contribution in [3.05, 3.63) is 50.7 Å². The average Bonchev–Trinajstić information content (AvgIpc) is 2.75. The van der Waals surface area contributed by atoms with E-state index in [1.54, 1.807) is 16.6 Å². The number of fused-ring (bicyclic) bond motifs is 2. The summed E-state index contributed by atoms with van der Waals surface area (Å²) in [4.78, 5) is 12.1. The molecule has 2 aromatic carbocycles. The smallest absolute Gasteiger partial charge is 0.191 e. The van der Waals surface area contributed by atoms with E-state index >= 15 is 0 Å². The predicted octanol–water partition coefficient (Wildman–Crippen LogP) is 3.22. The number of aromatic hydroxyl groups is 1. The zero-order chi connectivity index (χ0) is 14.0. The van der Waals surface area contributed by atoms with Gasteiger partial charge in [0.15, 0.2) is 5.43 Å². The van der Waals surface area contributed by atoms with E-state index in [4.69, 9.17) is 0 Å². The lowest BCUT2D eigenvalue weighted by Gasteiger charge is -2.09. The Morgan fingerprint density at radius 3 is 2.80 bits per heavy atom. The molecule has 20 heavy (non-hydrogen) atoms. The van der Waals surface area contributed by atoms with Crippen molar-refractivity contribution < 1.29 is 5.11 Å². The van der Waals surface area contributed by atoms with E-state index in [2.05, 4.69) is 21.0 Å². The van der Waals surface area contributed by atoms with Crippen LogP contribution in [0.3, 0.4) is 0 Å². The second kappa shape index (κ2) is 3.70. The van der Waals surface area contributed by atoms with Gasteiger partial charge in [0.25, 0.3) is 0 Å². The molecule has 0 saturated carbocycles. The Hall–Kier alpha value is -2.14. The van der Waals surface area contributed by atoms with Crippen molar-refractivity contribution in [2.24, 2.45) is 0 Å². The van der Waals surface area contributed by atoms with Crippen molar-refractivity contribution in [3.8, 4) is 5.75 Å². The maximum atomic E-state index is 12.1. The molecule has 0 aliphatic heterocycles. The van der Waals surface area contributed by atoms with E-state index in [1.165, 1.54) is 6.07 Å². The first-order valence-corrected chi connectivity index (χ1v) is 6.94. The van der Waals surface area contributed by atoms with E-state index in [9.17, 15) is 9.90 Å². The quantitative estimate of drug-likeness (QED) is 0.504. The zero-order valence-electron chi connectivity index (χ0n) is 10.5. The molecule has 0 spiro atoms. The number of rotatable bonds is 0. The Bertz CT molecular complexity index is 1050. The highest BCUT2D eigenvalue weighted by Crippen LogP contribution is 2.39. The molecule has 2 heterocycles. The molecule has 0 radical (unpaired) electrons. The van der Waals surface area contributed by atoms with Gasteiger partial charge in [0.05, 0.1) is 27.5 Å². The number of hydrogen-bond donors (Lipinski definition) is 1. The molecule has 4 nitrogen and oxygen atoms in total. The summed E-state index contributed by atoms with van der Waals surface area (Å²) in [5.74, 6) is 0.00970. The zero-order valence-corrected chi connectivity index (χ0v) is 12.1. The second-order valence-electron chi connectivity index (χ2n) is 4.81. The fourth-order valence-electron chi connectivity index (χ4n) is 2.79. The number of halogens is 1. The van der Waals surface area contributed by atoms with Crippen LogP contribution in [-0.2, 0) is 0 Å². The fourth-order valence-corrected chi connectivity index (χ4v) is 3.30.